The molecule has 3 nitrogen and oxygen atoms in total. The molecule has 1 aromatic carbocycles. The first-order chi connectivity index (χ1) is 7.31. The van der Waals surface area contributed by atoms with Crippen molar-refractivity contribution >= 4 is 28.5 Å². The zero-order valence-corrected chi connectivity index (χ0v) is 9.42. The molecule has 0 fully saturated rings. The van der Waals surface area contributed by atoms with Crippen LogP contribution in [0.5, 0.6) is 0 Å². The zero-order valence-electron chi connectivity index (χ0n) is 8.60. The van der Waals surface area contributed by atoms with Crippen LogP contribution in [0.15, 0.2) is 35.3 Å². The molecule has 1 heterocycles. The second-order valence-electron chi connectivity index (χ2n) is 3.21. The summed E-state index contributed by atoms with van der Waals surface area (Å²) >= 11 is 1.63. The van der Waals surface area contributed by atoms with E-state index in [9.17, 15) is 0 Å². The predicted octanol–water partition coefficient (Wildman–Crippen LogP) is 2.59. The van der Waals surface area contributed by atoms with Crippen LogP contribution in [-0.4, -0.2) is 23.3 Å². The molecule has 4 heteroatoms. The number of nitrogens with one attached hydrogen (secondary N) is 1. The Hall–Kier alpha value is -1.29. The first-order valence-corrected chi connectivity index (χ1v) is 5.91. The molecule has 0 atom stereocenters. The highest BCUT2D eigenvalue weighted by molar-refractivity contribution is 8.15. The van der Waals surface area contributed by atoms with Crippen LogP contribution >= 0.6 is 11.8 Å². The number of hydrogen-bond acceptors (Lipinski definition) is 3. The van der Waals surface area contributed by atoms with Crippen LogP contribution in [0, 0.1) is 5.41 Å². The number of aliphatic imine (C=N–C) groups is 1. The molecule has 0 saturated heterocycles. The summed E-state index contributed by atoms with van der Waals surface area (Å²) in [5, 5.41) is 8.41. The van der Waals surface area contributed by atoms with Crippen molar-refractivity contribution in [3.05, 3.63) is 30.3 Å². The molecule has 15 heavy (non-hydrogen) atoms. The van der Waals surface area contributed by atoms with Gasteiger partial charge in [0.25, 0.3) is 0 Å². The second-order valence-corrected chi connectivity index (χ2v) is 4.15. The van der Waals surface area contributed by atoms with Crippen LogP contribution in [0.4, 0.5) is 5.69 Å². The fourth-order valence-electron chi connectivity index (χ4n) is 1.49. The Bertz CT molecular complexity index is 386. The lowest BCUT2D eigenvalue weighted by atomic mass is 10.3. The normalized spacial score (nSPS) is 15.3. The minimum Gasteiger partial charge on any atom is -0.321 e. The van der Waals surface area contributed by atoms with Gasteiger partial charge in [0, 0.05) is 12.2 Å². The van der Waals surface area contributed by atoms with Gasteiger partial charge in [-0.15, -0.1) is 0 Å². The molecular weight excluding hydrogens is 206 g/mol. The molecule has 78 valence electrons. The van der Waals surface area contributed by atoms with Gasteiger partial charge < -0.3 is 4.90 Å². The molecule has 0 bridgehead atoms. The summed E-state index contributed by atoms with van der Waals surface area (Å²) in [6.45, 7) is 2.97. The van der Waals surface area contributed by atoms with Gasteiger partial charge in [-0.1, -0.05) is 30.0 Å². The van der Waals surface area contributed by atoms with Crippen molar-refractivity contribution in [2.75, 3.05) is 17.2 Å². The number of thioether (sulfide) groups is 1. The maximum Gasteiger partial charge on any atom is 0.170 e. The quantitative estimate of drug-likeness (QED) is 0.830. The third kappa shape index (κ3) is 2.21. The van der Waals surface area contributed by atoms with Crippen LogP contribution in [0.3, 0.4) is 0 Å². The number of rotatable bonds is 2. The summed E-state index contributed by atoms with van der Waals surface area (Å²) in [4.78, 5) is 6.36. The minimum atomic E-state index is 0.462. The lowest BCUT2D eigenvalue weighted by molar-refractivity contribution is 1.07. The van der Waals surface area contributed by atoms with Crippen molar-refractivity contribution in [2.45, 2.75) is 6.92 Å². The Kier molecular flexibility index (Phi) is 3.06. The van der Waals surface area contributed by atoms with E-state index >= 15 is 0 Å². The van der Waals surface area contributed by atoms with Crippen molar-refractivity contribution in [1.82, 2.24) is 0 Å². The smallest absolute Gasteiger partial charge is 0.170 e. The molecule has 1 aliphatic rings. The Morgan fingerprint density at radius 2 is 2.13 bits per heavy atom. The maximum absolute atomic E-state index is 7.47. The molecular formula is C11H13N3S. The van der Waals surface area contributed by atoms with Crippen LogP contribution in [0.1, 0.15) is 6.92 Å². The minimum absolute atomic E-state index is 0.462. The van der Waals surface area contributed by atoms with E-state index < -0.39 is 0 Å². The van der Waals surface area contributed by atoms with Gasteiger partial charge in [-0.3, -0.25) is 5.41 Å². The van der Waals surface area contributed by atoms with E-state index in [2.05, 4.69) is 28.9 Å². The van der Waals surface area contributed by atoms with Crippen molar-refractivity contribution in [2.24, 2.45) is 4.99 Å². The van der Waals surface area contributed by atoms with Crippen LogP contribution in [0.25, 0.3) is 0 Å². The largest absolute Gasteiger partial charge is 0.321 e. The van der Waals surface area contributed by atoms with Crippen LogP contribution in [-0.2, 0) is 0 Å². The number of amidine groups is 2. The number of hydrogen-bond donors (Lipinski definition) is 1. The highest BCUT2D eigenvalue weighted by Gasteiger charge is 2.18. The Balaban J connectivity index is 2.25. The molecule has 0 aliphatic carbocycles. The predicted molar refractivity (Wildman–Crippen MR) is 67.1 cm³/mol. The van der Waals surface area contributed by atoms with E-state index in [-0.39, 0.29) is 0 Å². The monoisotopic (exact) mass is 219 g/mol. The summed E-state index contributed by atoms with van der Waals surface area (Å²) in [5.41, 5.74) is 1.14. The molecule has 2 rings (SSSR count). The average molecular weight is 219 g/mol. The van der Waals surface area contributed by atoms with Gasteiger partial charge in [0.05, 0.1) is 5.75 Å². The summed E-state index contributed by atoms with van der Waals surface area (Å²) in [6, 6.07) is 10.2. The van der Waals surface area contributed by atoms with Crippen molar-refractivity contribution in [3.63, 3.8) is 0 Å². The van der Waals surface area contributed by atoms with Gasteiger partial charge in [0.2, 0.25) is 0 Å². The third-order valence-corrected chi connectivity index (χ3v) is 3.17. The molecule has 0 spiro atoms. The lowest BCUT2D eigenvalue weighted by Gasteiger charge is -2.21. The molecule has 1 aliphatic heterocycles. The van der Waals surface area contributed by atoms with Crippen molar-refractivity contribution < 1.29 is 0 Å². The van der Waals surface area contributed by atoms with E-state index in [4.69, 9.17) is 5.41 Å². The number of para-hydroxylation sites is 1. The van der Waals surface area contributed by atoms with Gasteiger partial charge >= 0.3 is 0 Å². The molecule has 0 amide bonds. The van der Waals surface area contributed by atoms with E-state index in [0.29, 0.717) is 11.6 Å². The van der Waals surface area contributed by atoms with Gasteiger partial charge in [-0.25, -0.2) is 4.99 Å². The highest BCUT2D eigenvalue weighted by Crippen LogP contribution is 2.22. The summed E-state index contributed by atoms with van der Waals surface area (Å²) < 4.78 is 0. The highest BCUT2D eigenvalue weighted by atomic mass is 32.2. The van der Waals surface area contributed by atoms with Crippen LogP contribution in [0.2, 0.25) is 0 Å². The van der Waals surface area contributed by atoms with E-state index in [1.54, 1.807) is 11.8 Å². The molecule has 1 aromatic rings. The fraction of sp³-hybridized carbons (Fsp3) is 0.273. The summed E-state index contributed by atoms with van der Waals surface area (Å²) in [7, 11) is 0. The van der Waals surface area contributed by atoms with Gasteiger partial charge in [-0.05, 0) is 19.1 Å². The lowest BCUT2D eigenvalue weighted by Crippen LogP contribution is -2.27. The van der Waals surface area contributed by atoms with E-state index in [1.807, 2.05) is 18.2 Å². The number of benzene rings is 1. The molecule has 0 radical (unpaired) electrons. The van der Waals surface area contributed by atoms with Crippen LogP contribution < -0.4 is 4.90 Å². The number of anilines is 1. The zero-order chi connectivity index (χ0) is 10.7. The SMILES string of the molecule is CCN(C1=NC(=N)CS1)c1ccccc1. The van der Waals surface area contributed by atoms with Gasteiger partial charge in [0.1, 0.15) is 5.84 Å². The Labute approximate surface area is 93.7 Å². The molecule has 0 aromatic heterocycles. The molecule has 1 N–H and O–H groups in total. The first kappa shape index (κ1) is 10.2. The Morgan fingerprint density at radius 1 is 1.40 bits per heavy atom. The molecule has 0 unspecified atom stereocenters. The summed E-state index contributed by atoms with van der Waals surface area (Å²) in [5.74, 6) is 1.16. The fourth-order valence-corrected chi connectivity index (χ4v) is 2.38. The standard InChI is InChI=1S/C11H13N3S/c1-2-14(9-6-4-3-5-7-9)11-13-10(12)8-15-11/h3-7,12H,2,8H2,1H3. The van der Waals surface area contributed by atoms with E-state index in [1.165, 1.54) is 0 Å². The second kappa shape index (κ2) is 4.49. The van der Waals surface area contributed by atoms with Gasteiger partial charge in [-0.2, -0.15) is 0 Å². The van der Waals surface area contributed by atoms with Gasteiger partial charge in [0.15, 0.2) is 5.17 Å². The van der Waals surface area contributed by atoms with Crippen molar-refractivity contribution in [1.29, 1.82) is 5.41 Å². The Morgan fingerprint density at radius 3 is 2.67 bits per heavy atom. The van der Waals surface area contributed by atoms with E-state index in [0.717, 1.165) is 17.4 Å². The third-order valence-electron chi connectivity index (χ3n) is 2.18. The first-order valence-electron chi connectivity index (χ1n) is 4.92. The summed E-state index contributed by atoms with van der Waals surface area (Å²) in [6.07, 6.45) is 0. The molecule has 0 saturated carbocycles. The maximum atomic E-state index is 7.47. The van der Waals surface area contributed by atoms with Crippen molar-refractivity contribution in [3.8, 4) is 0 Å². The number of nitrogens with zero attached hydrogens (tertiary/aromatic N) is 2. The average Bonchev–Trinajstić information content (AvgIpc) is 2.68. The topological polar surface area (TPSA) is 39.5 Å².